The molecule has 2 aliphatic rings. The zero-order valence-electron chi connectivity index (χ0n) is 16.2. The Morgan fingerprint density at radius 1 is 0.926 bits per heavy atom. The number of nitrogens with one attached hydrogen (secondary N) is 1. The Bertz CT molecular complexity index is 665. The summed E-state index contributed by atoms with van der Waals surface area (Å²) < 4.78 is 10.5. The number of rotatable bonds is 4. The number of piperazine rings is 1. The number of amides is 3. The summed E-state index contributed by atoms with van der Waals surface area (Å²) in [4.78, 5) is 28.8. The van der Waals surface area contributed by atoms with Crippen LogP contribution in [0.4, 0.5) is 4.79 Å². The third-order valence-electron chi connectivity index (χ3n) is 5.42. The lowest BCUT2D eigenvalue weighted by Crippen LogP contribution is -2.54. The summed E-state index contributed by atoms with van der Waals surface area (Å²) in [6.45, 7) is 2.17. The van der Waals surface area contributed by atoms with Gasteiger partial charge in [0.15, 0.2) is 11.5 Å². The average molecular weight is 375 g/mol. The van der Waals surface area contributed by atoms with Crippen molar-refractivity contribution in [2.24, 2.45) is 0 Å². The van der Waals surface area contributed by atoms with Crippen molar-refractivity contribution in [2.45, 2.75) is 38.1 Å². The molecule has 3 rings (SSSR count). The highest BCUT2D eigenvalue weighted by molar-refractivity contribution is 5.95. The van der Waals surface area contributed by atoms with E-state index in [9.17, 15) is 9.59 Å². The Labute approximate surface area is 160 Å². The lowest BCUT2D eigenvalue weighted by molar-refractivity contribution is 0.0662. The van der Waals surface area contributed by atoms with Crippen LogP contribution in [-0.2, 0) is 0 Å². The molecule has 1 saturated heterocycles. The number of ether oxygens (including phenoxy) is 2. The molecule has 3 amide bonds. The minimum atomic E-state index is -0.0525. The van der Waals surface area contributed by atoms with Gasteiger partial charge in [-0.15, -0.1) is 0 Å². The molecule has 1 aliphatic carbocycles. The summed E-state index contributed by atoms with van der Waals surface area (Å²) in [5.41, 5.74) is 0.563. The molecule has 1 N–H and O–H groups in total. The van der Waals surface area contributed by atoms with E-state index in [1.54, 1.807) is 37.3 Å². The molecule has 1 saturated carbocycles. The monoisotopic (exact) mass is 375 g/mol. The molecule has 0 spiro atoms. The minimum absolute atomic E-state index is 0.000107. The van der Waals surface area contributed by atoms with Crippen LogP contribution in [0.3, 0.4) is 0 Å². The van der Waals surface area contributed by atoms with Gasteiger partial charge in [0.05, 0.1) is 14.2 Å². The Morgan fingerprint density at radius 2 is 1.56 bits per heavy atom. The van der Waals surface area contributed by atoms with Crippen LogP contribution in [0.15, 0.2) is 18.2 Å². The van der Waals surface area contributed by atoms with E-state index in [0.717, 1.165) is 12.8 Å². The highest BCUT2D eigenvalue weighted by Crippen LogP contribution is 2.28. The maximum absolute atomic E-state index is 12.8. The summed E-state index contributed by atoms with van der Waals surface area (Å²) in [6.07, 6.45) is 5.80. The van der Waals surface area contributed by atoms with Gasteiger partial charge in [0.2, 0.25) is 0 Å². The number of carbonyl (C=O) groups is 2. The van der Waals surface area contributed by atoms with Crippen molar-refractivity contribution in [1.29, 1.82) is 0 Å². The van der Waals surface area contributed by atoms with Crippen molar-refractivity contribution >= 4 is 11.9 Å². The van der Waals surface area contributed by atoms with Gasteiger partial charge in [0.1, 0.15) is 0 Å². The SMILES string of the molecule is COc1ccc(C(=O)N2CCN(C(=O)NC3CCCCC3)CC2)cc1OC. The van der Waals surface area contributed by atoms with E-state index >= 15 is 0 Å². The molecular formula is C20H29N3O4. The maximum Gasteiger partial charge on any atom is 0.317 e. The van der Waals surface area contributed by atoms with Crippen LogP contribution in [0.2, 0.25) is 0 Å². The van der Waals surface area contributed by atoms with E-state index < -0.39 is 0 Å². The van der Waals surface area contributed by atoms with E-state index in [1.807, 2.05) is 4.90 Å². The van der Waals surface area contributed by atoms with Crippen molar-refractivity contribution < 1.29 is 19.1 Å². The third kappa shape index (κ3) is 4.64. The molecule has 1 aromatic rings. The maximum atomic E-state index is 12.8. The molecule has 0 aromatic heterocycles. The van der Waals surface area contributed by atoms with Gasteiger partial charge in [-0.05, 0) is 31.0 Å². The number of hydrogen-bond donors (Lipinski definition) is 1. The van der Waals surface area contributed by atoms with E-state index in [0.29, 0.717) is 49.3 Å². The Morgan fingerprint density at radius 3 is 2.19 bits per heavy atom. The van der Waals surface area contributed by atoms with Gasteiger partial charge < -0.3 is 24.6 Å². The fraction of sp³-hybridized carbons (Fsp3) is 0.600. The number of carbonyl (C=O) groups excluding carboxylic acids is 2. The molecule has 0 radical (unpaired) electrons. The Balaban J connectivity index is 1.53. The number of urea groups is 1. The Kier molecular flexibility index (Phi) is 6.42. The molecule has 0 bridgehead atoms. The van der Waals surface area contributed by atoms with E-state index in [2.05, 4.69) is 5.32 Å². The van der Waals surface area contributed by atoms with Gasteiger partial charge >= 0.3 is 6.03 Å². The summed E-state index contributed by atoms with van der Waals surface area (Å²) in [5, 5.41) is 3.15. The number of benzene rings is 1. The molecule has 148 valence electrons. The largest absolute Gasteiger partial charge is 0.493 e. The smallest absolute Gasteiger partial charge is 0.317 e. The second kappa shape index (κ2) is 8.97. The van der Waals surface area contributed by atoms with Gasteiger partial charge in [0.25, 0.3) is 5.91 Å². The fourth-order valence-corrected chi connectivity index (χ4v) is 3.78. The quantitative estimate of drug-likeness (QED) is 0.878. The van der Waals surface area contributed by atoms with Crippen molar-refractivity contribution in [3.05, 3.63) is 23.8 Å². The second-order valence-electron chi connectivity index (χ2n) is 7.13. The van der Waals surface area contributed by atoms with Crippen molar-refractivity contribution in [1.82, 2.24) is 15.1 Å². The predicted octanol–water partition coefficient (Wildman–Crippen LogP) is 2.50. The number of hydrogen-bond acceptors (Lipinski definition) is 4. The topological polar surface area (TPSA) is 71.1 Å². The average Bonchev–Trinajstić information content (AvgIpc) is 2.73. The minimum Gasteiger partial charge on any atom is -0.493 e. The molecule has 27 heavy (non-hydrogen) atoms. The van der Waals surface area contributed by atoms with Gasteiger partial charge in [0, 0.05) is 37.8 Å². The van der Waals surface area contributed by atoms with Crippen molar-refractivity contribution in [3.63, 3.8) is 0 Å². The molecule has 7 nitrogen and oxygen atoms in total. The summed E-state index contributed by atoms with van der Waals surface area (Å²) in [5.74, 6) is 1.08. The van der Waals surface area contributed by atoms with Crippen molar-refractivity contribution in [3.8, 4) is 11.5 Å². The molecule has 1 heterocycles. The number of methoxy groups -OCH3 is 2. The lowest BCUT2D eigenvalue weighted by Gasteiger charge is -2.36. The number of nitrogens with zero attached hydrogens (tertiary/aromatic N) is 2. The first-order valence-corrected chi connectivity index (χ1v) is 9.69. The molecular weight excluding hydrogens is 346 g/mol. The lowest BCUT2D eigenvalue weighted by atomic mass is 9.96. The highest BCUT2D eigenvalue weighted by Gasteiger charge is 2.27. The highest BCUT2D eigenvalue weighted by atomic mass is 16.5. The summed E-state index contributed by atoms with van der Waals surface area (Å²) in [6, 6.07) is 5.48. The summed E-state index contributed by atoms with van der Waals surface area (Å²) >= 11 is 0. The van der Waals surface area contributed by atoms with Gasteiger partial charge in [-0.2, -0.15) is 0 Å². The van der Waals surface area contributed by atoms with Gasteiger partial charge in [-0.3, -0.25) is 4.79 Å². The molecule has 1 aromatic carbocycles. The van der Waals surface area contributed by atoms with Gasteiger partial charge in [-0.25, -0.2) is 4.79 Å². The van der Waals surface area contributed by atoms with Crippen LogP contribution in [0, 0.1) is 0 Å². The summed E-state index contributed by atoms with van der Waals surface area (Å²) in [7, 11) is 3.12. The first kappa shape index (κ1) is 19.3. The molecule has 0 atom stereocenters. The van der Waals surface area contributed by atoms with Crippen LogP contribution in [0.25, 0.3) is 0 Å². The third-order valence-corrected chi connectivity index (χ3v) is 5.42. The van der Waals surface area contributed by atoms with Crippen LogP contribution in [0.5, 0.6) is 11.5 Å². The zero-order chi connectivity index (χ0) is 19.2. The van der Waals surface area contributed by atoms with E-state index in [4.69, 9.17) is 9.47 Å². The first-order chi connectivity index (χ1) is 13.1. The van der Waals surface area contributed by atoms with E-state index in [1.165, 1.54) is 19.3 Å². The van der Waals surface area contributed by atoms with Crippen LogP contribution in [0.1, 0.15) is 42.5 Å². The Hall–Kier alpha value is -2.44. The predicted molar refractivity (Wildman–Crippen MR) is 102 cm³/mol. The van der Waals surface area contributed by atoms with Crippen LogP contribution in [-0.4, -0.2) is 68.2 Å². The van der Waals surface area contributed by atoms with E-state index in [-0.39, 0.29) is 11.9 Å². The fourth-order valence-electron chi connectivity index (χ4n) is 3.78. The second-order valence-corrected chi connectivity index (χ2v) is 7.13. The van der Waals surface area contributed by atoms with Gasteiger partial charge in [-0.1, -0.05) is 19.3 Å². The molecule has 1 aliphatic heterocycles. The normalized spacial score (nSPS) is 18.1. The molecule has 2 fully saturated rings. The molecule has 7 heteroatoms. The molecule has 0 unspecified atom stereocenters. The standard InChI is InChI=1S/C20H29N3O4/c1-26-17-9-8-15(14-18(17)27-2)19(24)22-10-12-23(13-11-22)20(25)21-16-6-4-3-5-7-16/h8-9,14,16H,3-7,10-13H2,1-2H3,(H,21,25). The zero-order valence-corrected chi connectivity index (χ0v) is 16.2. The van der Waals surface area contributed by atoms with Crippen LogP contribution >= 0.6 is 0 Å². The van der Waals surface area contributed by atoms with Crippen molar-refractivity contribution in [2.75, 3.05) is 40.4 Å². The first-order valence-electron chi connectivity index (χ1n) is 9.69. The van der Waals surface area contributed by atoms with Crippen LogP contribution < -0.4 is 14.8 Å².